The number of terminal acetylenes is 1. The normalized spacial score (nSPS) is 11.8. The first-order valence-electron chi connectivity index (χ1n) is 5.84. The summed E-state index contributed by atoms with van der Waals surface area (Å²) in [7, 11) is -2.71. The van der Waals surface area contributed by atoms with Gasteiger partial charge >= 0.3 is 6.18 Å². The van der Waals surface area contributed by atoms with E-state index in [1.807, 2.05) is 0 Å². The van der Waals surface area contributed by atoms with Gasteiger partial charge in [0.25, 0.3) is 0 Å². The Morgan fingerprint density at radius 2 is 2.05 bits per heavy atom. The second-order valence-corrected chi connectivity index (χ2v) is 6.21. The van der Waals surface area contributed by atoms with Crippen LogP contribution in [0, 0.1) is 12.3 Å². The van der Waals surface area contributed by atoms with Gasteiger partial charge in [0.2, 0.25) is 0 Å². The van der Waals surface area contributed by atoms with E-state index in [9.17, 15) is 21.6 Å². The van der Waals surface area contributed by atoms with E-state index in [-0.39, 0.29) is 17.2 Å². The van der Waals surface area contributed by atoms with Crippen molar-refractivity contribution < 1.29 is 26.3 Å². The summed E-state index contributed by atoms with van der Waals surface area (Å²) in [5.41, 5.74) is 0.463. The molecule has 0 radical (unpaired) electrons. The fourth-order valence-electron chi connectivity index (χ4n) is 1.53. The molecule has 0 atom stereocenters. The third kappa shape index (κ3) is 5.19. The Balaban J connectivity index is 3.01. The number of ether oxygens (including phenoxy) is 1. The first kappa shape index (κ1) is 17.2. The molecule has 0 saturated heterocycles. The summed E-state index contributed by atoms with van der Waals surface area (Å²) in [5, 5.41) is 2.81. The first-order valence-corrected chi connectivity index (χ1v) is 7.50. The van der Waals surface area contributed by atoms with Crippen LogP contribution < -0.4 is 10.1 Å². The number of halogens is 3. The number of anilines is 1. The molecule has 0 fully saturated rings. The van der Waals surface area contributed by atoms with Gasteiger partial charge in [-0.25, -0.2) is 8.42 Å². The summed E-state index contributed by atoms with van der Waals surface area (Å²) in [6.07, 6.45) is -0.825. The lowest BCUT2D eigenvalue weighted by atomic mass is 10.3. The van der Waals surface area contributed by atoms with Gasteiger partial charge in [-0.15, -0.1) is 6.42 Å². The number of alkyl halides is 3. The van der Waals surface area contributed by atoms with Crippen LogP contribution in [0.2, 0.25) is 0 Å². The number of hydrogen-bond donors (Lipinski definition) is 1. The number of benzene rings is 1. The van der Waals surface area contributed by atoms with Gasteiger partial charge in [0, 0.05) is 6.07 Å². The molecule has 0 unspecified atom stereocenters. The molecule has 0 aliphatic heterocycles. The van der Waals surface area contributed by atoms with Crippen molar-refractivity contribution in [1.29, 1.82) is 0 Å². The average Bonchev–Trinajstić information content (AvgIpc) is 2.42. The fraction of sp³-hybridized carbons (Fsp3) is 0.385. The molecule has 0 aliphatic carbocycles. The number of nitrogens with one attached hydrogen (secondary N) is 1. The van der Waals surface area contributed by atoms with Gasteiger partial charge in [-0.05, 0) is 12.1 Å². The van der Waals surface area contributed by atoms with Gasteiger partial charge in [0.05, 0.1) is 36.4 Å². The predicted molar refractivity (Wildman–Crippen MR) is 73.0 cm³/mol. The second kappa shape index (κ2) is 6.72. The second-order valence-electron chi connectivity index (χ2n) is 4.10. The lowest BCUT2D eigenvalue weighted by Gasteiger charge is -2.12. The molecule has 0 aliphatic rings. The summed E-state index contributed by atoms with van der Waals surface area (Å²) >= 11 is 0. The SMILES string of the molecule is C#CCNc1ccc(S(=O)(=O)CCC(F)(F)F)cc1OC. The Morgan fingerprint density at radius 1 is 1.38 bits per heavy atom. The summed E-state index contributed by atoms with van der Waals surface area (Å²) in [6.45, 7) is 0.205. The summed E-state index contributed by atoms with van der Waals surface area (Å²) in [4.78, 5) is -0.227. The van der Waals surface area contributed by atoms with Crippen molar-refractivity contribution in [2.24, 2.45) is 0 Å². The monoisotopic (exact) mass is 321 g/mol. The van der Waals surface area contributed by atoms with E-state index in [4.69, 9.17) is 11.2 Å². The smallest absolute Gasteiger partial charge is 0.390 e. The van der Waals surface area contributed by atoms with Gasteiger partial charge < -0.3 is 10.1 Å². The minimum absolute atomic E-state index is 0.193. The number of methoxy groups -OCH3 is 1. The molecule has 21 heavy (non-hydrogen) atoms. The van der Waals surface area contributed by atoms with E-state index in [0.717, 1.165) is 0 Å². The minimum Gasteiger partial charge on any atom is -0.495 e. The van der Waals surface area contributed by atoms with Crippen LogP contribution >= 0.6 is 0 Å². The maximum Gasteiger partial charge on any atom is 0.390 e. The topological polar surface area (TPSA) is 55.4 Å². The molecule has 8 heteroatoms. The van der Waals surface area contributed by atoms with Crippen molar-refractivity contribution in [1.82, 2.24) is 0 Å². The van der Waals surface area contributed by atoms with Crippen LogP contribution in [0.25, 0.3) is 0 Å². The molecule has 1 aromatic rings. The van der Waals surface area contributed by atoms with Gasteiger partial charge in [0.15, 0.2) is 9.84 Å². The maximum atomic E-state index is 12.1. The zero-order valence-electron chi connectivity index (χ0n) is 11.2. The number of hydrogen-bond acceptors (Lipinski definition) is 4. The summed E-state index contributed by atoms with van der Waals surface area (Å²) < 4.78 is 65.1. The van der Waals surface area contributed by atoms with Gasteiger partial charge in [0.1, 0.15) is 5.75 Å². The Bertz CT molecular complexity index is 633. The number of sulfone groups is 1. The van der Waals surface area contributed by atoms with Crippen molar-refractivity contribution in [3.05, 3.63) is 18.2 Å². The lowest BCUT2D eigenvalue weighted by Crippen LogP contribution is -2.16. The van der Waals surface area contributed by atoms with E-state index in [1.54, 1.807) is 0 Å². The van der Waals surface area contributed by atoms with E-state index in [0.29, 0.717) is 5.69 Å². The quantitative estimate of drug-likeness (QED) is 0.818. The largest absolute Gasteiger partial charge is 0.495 e. The van der Waals surface area contributed by atoms with Crippen molar-refractivity contribution in [2.75, 3.05) is 24.7 Å². The molecule has 0 amide bonds. The van der Waals surface area contributed by atoms with Crippen LogP contribution in [0.15, 0.2) is 23.1 Å². The Kier molecular flexibility index (Phi) is 5.49. The molecule has 0 saturated carbocycles. The highest BCUT2D eigenvalue weighted by atomic mass is 32.2. The highest BCUT2D eigenvalue weighted by Crippen LogP contribution is 2.29. The van der Waals surface area contributed by atoms with Crippen LogP contribution in [0.4, 0.5) is 18.9 Å². The Hall–Kier alpha value is -1.88. The van der Waals surface area contributed by atoms with Crippen LogP contribution in [-0.2, 0) is 9.84 Å². The molecule has 0 bridgehead atoms. The van der Waals surface area contributed by atoms with Crippen molar-refractivity contribution in [3.63, 3.8) is 0 Å². The van der Waals surface area contributed by atoms with Crippen LogP contribution in [-0.4, -0.2) is 34.0 Å². The van der Waals surface area contributed by atoms with E-state index >= 15 is 0 Å². The van der Waals surface area contributed by atoms with E-state index < -0.39 is 28.2 Å². The summed E-state index contributed by atoms with van der Waals surface area (Å²) in [5.74, 6) is 1.53. The van der Waals surface area contributed by atoms with Crippen molar-refractivity contribution in [3.8, 4) is 18.1 Å². The van der Waals surface area contributed by atoms with Gasteiger partial charge in [-0.1, -0.05) is 5.92 Å². The van der Waals surface area contributed by atoms with E-state index in [1.165, 1.54) is 25.3 Å². The lowest BCUT2D eigenvalue weighted by molar-refractivity contribution is -0.129. The molecule has 0 heterocycles. The molecule has 4 nitrogen and oxygen atoms in total. The maximum absolute atomic E-state index is 12.1. The third-order valence-corrected chi connectivity index (χ3v) is 4.28. The molecule has 1 N–H and O–H groups in total. The van der Waals surface area contributed by atoms with Gasteiger partial charge in [-0.2, -0.15) is 13.2 Å². The van der Waals surface area contributed by atoms with Crippen molar-refractivity contribution >= 4 is 15.5 Å². The average molecular weight is 321 g/mol. The Labute approximate surface area is 121 Å². The van der Waals surface area contributed by atoms with E-state index in [2.05, 4.69) is 11.2 Å². The van der Waals surface area contributed by atoms with Crippen LogP contribution in [0.5, 0.6) is 5.75 Å². The highest BCUT2D eigenvalue weighted by molar-refractivity contribution is 7.91. The van der Waals surface area contributed by atoms with Crippen LogP contribution in [0.1, 0.15) is 6.42 Å². The Morgan fingerprint density at radius 3 is 2.57 bits per heavy atom. The van der Waals surface area contributed by atoms with Crippen molar-refractivity contribution in [2.45, 2.75) is 17.5 Å². The number of rotatable bonds is 6. The van der Waals surface area contributed by atoms with Gasteiger partial charge in [-0.3, -0.25) is 0 Å². The molecule has 0 aromatic heterocycles. The minimum atomic E-state index is -4.52. The standard InChI is InChI=1S/C13H14F3NO3S/c1-3-7-17-11-5-4-10(9-12(11)20-2)21(18,19)8-6-13(14,15)16/h1,4-5,9,17H,6-8H2,2H3. The molecule has 0 spiro atoms. The third-order valence-electron chi connectivity index (χ3n) is 2.57. The molecule has 1 aromatic carbocycles. The zero-order valence-corrected chi connectivity index (χ0v) is 12.0. The fourth-order valence-corrected chi connectivity index (χ4v) is 2.82. The first-order chi connectivity index (χ1) is 9.69. The predicted octanol–water partition coefficient (Wildman–Crippen LogP) is 2.47. The zero-order chi connectivity index (χ0) is 16.1. The molecule has 1 rings (SSSR count). The molecule has 116 valence electrons. The van der Waals surface area contributed by atoms with Crippen LogP contribution in [0.3, 0.4) is 0 Å². The highest BCUT2D eigenvalue weighted by Gasteiger charge is 2.30. The summed E-state index contributed by atoms with van der Waals surface area (Å²) in [6, 6.07) is 3.79. The molecular formula is C13H14F3NO3S. The molecular weight excluding hydrogens is 307 g/mol.